The van der Waals surface area contributed by atoms with Crippen LogP contribution in [0.2, 0.25) is 0 Å². The Morgan fingerprint density at radius 2 is 1.91 bits per heavy atom. The highest BCUT2D eigenvalue weighted by atomic mass is 16.5. The normalized spacial score (nSPS) is 24.1. The Hall–Kier alpha value is -2.81. The van der Waals surface area contributed by atoms with Crippen molar-refractivity contribution in [3.63, 3.8) is 0 Å². The molecule has 3 nitrogen and oxygen atoms in total. The van der Waals surface area contributed by atoms with Gasteiger partial charge in [-0.2, -0.15) is 0 Å². The van der Waals surface area contributed by atoms with Gasteiger partial charge in [0.1, 0.15) is 5.75 Å². The van der Waals surface area contributed by atoms with E-state index in [0.717, 1.165) is 24.2 Å². The van der Waals surface area contributed by atoms with E-state index in [4.69, 9.17) is 4.74 Å². The fourth-order valence-corrected chi connectivity index (χ4v) is 5.67. The summed E-state index contributed by atoms with van der Waals surface area (Å²) in [5, 5.41) is 0. The molecular weight excluding hydrogens is 418 g/mol. The molecule has 1 amide bonds. The molecule has 4 unspecified atom stereocenters. The number of likely N-dealkylation sites (tertiary alicyclic amines) is 1. The third-order valence-corrected chi connectivity index (χ3v) is 7.47. The number of hydrogen-bond acceptors (Lipinski definition) is 2. The van der Waals surface area contributed by atoms with Gasteiger partial charge in [-0.1, -0.05) is 93.8 Å². The molecule has 4 rings (SSSR count). The van der Waals surface area contributed by atoms with E-state index < -0.39 is 0 Å². The molecule has 2 aromatic rings. The molecule has 0 saturated carbocycles. The first-order valence-corrected chi connectivity index (χ1v) is 13.0. The second kappa shape index (κ2) is 11.6. The van der Waals surface area contributed by atoms with Crippen molar-refractivity contribution in [2.24, 2.45) is 17.8 Å². The zero-order chi connectivity index (χ0) is 23.9. The monoisotopic (exact) mass is 457 g/mol. The number of ether oxygens (including phenoxy) is 1. The van der Waals surface area contributed by atoms with Crippen LogP contribution in [-0.4, -0.2) is 17.9 Å². The summed E-state index contributed by atoms with van der Waals surface area (Å²) in [7, 11) is 1.73. The highest BCUT2D eigenvalue weighted by Gasteiger charge is 2.50. The number of methoxy groups -OCH3 is 1. The Labute approximate surface area is 205 Å². The summed E-state index contributed by atoms with van der Waals surface area (Å²) in [4.78, 5) is 15.9. The van der Waals surface area contributed by atoms with E-state index in [0.29, 0.717) is 12.5 Å². The van der Waals surface area contributed by atoms with Crippen LogP contribution < -0.4 is 4.74 Å². The third-order valence-electron chi connectivity index (χ3n) is 7.47. The van der Waals surface area contributed by atoms with Crippen molar-refractivity contribution in [2.75, 3.05) is 7.11 Å². The Balaban J connectivity index is 1.66. The van der Waals surface area contributed by atoms with E-state index in [9.17, 15) is 4.79 Å². The molecule has 0 N–H and O–H groups in total. The van der Waals surface area contributed by atoms with Crippen LogP contribution in [-0.2, 0) is 11.3 Å². The van der Waals surface area contributed by atoms with Gasteiger partial charge >= 0.3 is 0 Å². The van der Waals surface area contributed by atoms with Crippen molar-refractivity contribution in [3.8, 4) is 5.75 Å². The smallest absolute Gasteiger partial charge is 0.227 e. The lowest BCUT2D eigenvalue weighted by atomic mass is 9.75. The van der Waals surface area contributed by atoms with Crippen LogP contribution in [0.5, 0.6) is 5.75 Å². The largest absolute Gasteiger partial charge is 0.496 e. The number of carbonyl (C=O) groups excluding carboxylic acids is 1. The summed E-state index contributed by atoms with van der Waals surface area (Å²) < 4.78 is 5.84. The van der Waals surface area contributed by atoms with Crippen LogP contribution in [0, 0.1) is 17.8 Å². The van der Waals surface area contributed by atoms with Gasteiger partial charge in [0.2, 0.25) is 5.91 Å². The molecule has 3 heteroatoms. The highest BCUT2D eigenvalue weighted by Crippen LogP contribution is 2.50. The van der Waals surface area contributed by atoms with E-state index >= 15 is 0 Å². The molecular formula is C31H39NO2. The maximum atomic E-state index is 13.8. The van der Waals surface area contributed by atoms with E-state index in [1.807, 2.05) is 18.2 Å². The van der Waals surface area contributed by atoms with Crippen LogP contribution >= 0.6 is 0 Å². The van der Waals surface area contributed by atoms with Gasteiger partial charge in [0.15, 0.2) is 0 Å². The van der Waals surface area contributed by atoms with Gasteiger partial charge in [-0.15, -0.1) is 0 Å². The van der Waals surface area contributed by atoms with Crippen LogP contribution in [0.3, 0.4) is 0 Å². The van der Waals surface area contributed by atoms with E-state index in [1.54, 1.807) is 7.11 Å². The van der Waals surface area contributed by atoms with Crippen molar-refractivity contribution in [3.05, 3.63) is 83.4 Å². The van der Waals surface area contributed by atoms with E-state index in [-0.39, 0.29) is 23.8 Å². The first kappa shape index (κ1) is 24.3. The molecule has 1 fully saturated rings. The molecule has 2 aliphatic rings. The molecule has 180 valence electrons. The summed E-state index contributed by atoms with van der Waals surface area (Å²) in [6.45, 7) is 5.09. The molecule has 0 spiro atoms. The number of allylic oxidation sites excluding steroid dienone is 2. The summed E-state index contributed by atoms with van der Waals surface area (Å²) in [6.07, 6.45) is 16.2. The van der Waals surface area contributed by atoms with Gasteiger partial charge in [-0.05, 0) is 48.4 Å². The third kappa shape index (κ3) is 5.29. The maximum absolute atomic E-state index is 13.8. The van der Waals surface area contributed by atoms with Gasteiger partial charge in [0.25, 0.3) is 0 Å². The fraction of sp³-hybridized carbons (Fsp3) is 0.452. The maximum Gasteiger partial charge on any atom is 0.227 e. The Morgan fingerprint density at radius 1 is 1.09 bits per heavy atom. The summed E-state index contributed by atoms with van der Waals surface area (Å²) in [5.41, 5.74) is 3.46. The highest BCUT2D eigenvalue weighted by molar-refractivity contribution is 5.83. The number of carbonyl (C=O) groups is 1. The van der Waals surface area contributed by atoms with Crippen LogP contribution in [0.1, 0.15) is 75.1 Å². The van der Waals surface area contributed by atoms with Gasteiger partial charge in [-0.25, -0.2) is 0 Å². The average Bonchev–Trinajstić information content (AvgIpc) is 3.14. The molecule has 1 aliphatic heterocycles. The van der Waals surface area contributed by atoms with Crippen molar-refractivity contribution in [2.45, 2.75) is 65.0 Å². The van der Waals surface area contributed by atoms with Gasteiger partial charge in [0, 0.05) is 23.9 Å². The standard InChI is InChI=1S/C31H39NO2/c1-4-5-6-7-8-10-15-24-19-20-28(34-3)27(21-24)30-26-18-13-14-23(2)29(26)31(33)32(30)22-25-16-11-9-12-17-25/h9-13,15-21,23,26,29-30H,4-8,14,22H2,1-3H3/b15-10+. The van der Waals surface area contributed by atoms with Crippen LogP contribution in [0.4, 0.5) is 0 Å². The average molecular weight is 458 g/mol. The van der Waals surface area contributed by atoms with Crippen LogP contribution in [0.15, 0.2) is 66.8 Å². The number of fused-ring (bicyclic) bond motifs is 1. The fourth-order valence-electron chi connectivity index (χ4n) is 5.67. The minimum Gasteiger partial charge on any atom is -0.496 e. The number of amides is 1. The zero-order valence-corrected chi connectivity index (χ0v) is 21.0. The molecule has 2 aromatic carbocycles. The minimum atomic E-state index is -0.0236. The number of rotatable bonds is 10. The number of hydrogen-bond donors (Lipinski definition) is 0. The predicted molar refractivity (Wildman–Crippen MR) is 140 cm³/mol. The van der Waals surface area contributed by atoms with Gasteiger partial charge in [-0.3, -0.25) is 4.79 Å². The molecule has 34 heavy (non-hydrogen) atoms. The summed E-state index contributed by atoms with van der Waals surface area (Å²) >= 11 is 0. The lowest BCUT2D eigenvalue weighted by Crippen LogP contribution is -2.30. The molecule has 0 aromatic heterocycles. The second-order valence-electron chi connectivity index (χ2n) is 9.89. The number of nitrogens with zero attached hydrogens (tertiary/aromatic N) is 1. The van der Waals surface area contributed by atoms with Gasteiger partial charge in [0.05, 0.1) is 13.2 Å². The van der Waals surface area contributed by atoms with Gasteiger partial charge < -0.3 is 9.64 Å². The SMILES string of the molecule is CCCCCC/C=C/c1ccc(OC)c(C2C3C=CCC(C)C3C(=O)N2Cc2ccccc2)c1. The predicted octanol–water partition coefficient (Wildman–Crippen LogP) is 7.59. The first-order chi connectivity index (χ1) is 16.6. The molecule has 4 atom stereocenters. The zero-order valence-electron chi connectivity index (χ0n) is 21.0. The molecule has 1 heterocycles. The topological polar surface area (TPSA) is 29.5 Å². The Bertz CT molecular complexity index is 1010. The van der Waals surface area contributed by atoms with Crippen molar-refractivity contribution >= 4 is 12.0 Å². The summed E-state index contributed by atoms with van der Waals surface area (Å²) in [5.74, 6) is 1.68. The van der Waals surface area contributed by atoms with E-state index in [2.05, 4.69) is 73.4 Å². The van der Waals surface area contributed by atoms with Crippen LogP contribution in [0.25, 0.3) is 6.08 Å². The second-order valence-corrected chi connectivity index (χ2v) is 9.89. The van der Waals surface area contributed by atoms with Crippen molar-refractivity contribution < 1.29 is 9.53 Å². The minimum absolute atomic E-state index is 0.0236. The first-order valence-electron chi connectivity index (χ1n) is 13.0. The number of unbranched alkanes of at least 4 members (excludes halogenated alkanes) is 4. The summed E-state index contributed by atoms with van der Waals surface area (Å²) in [6, 6.07) is 16.8. The lowest BCUT2D eigenvalue weighted by molar-refractivity contribution is -0.134. The van der Waals surface area contributed by atoms with E-state index in [1.165, 1.54) is 36.8 Å². The number of benzene rings is 2. The molecule has 1 saturated heterocycles. The molecule has 0 radical (unpaired) electrons. The molecule has 1 aliphatic carbocycles. The van der Waals surface area contributed by atoms with Crippen molar-refractivity contribution in [1.29, 1.82) is 0 Å². The lowest BCUT2D eigenvalue weighted by Gasteiger charge is -2.30. The quantitative estimate of drug-likeness (QED) is 0.272. The Kier molecular flexibility index (Phi) is 8.26. The Morgan fingerprint density at radius 3 is 2.68 bits per heavy atom. The van der Waals surface area contributed by atoms with Crippen molar-refractivity contribution in [1.82, 2.24) is 4.90 Å². The molecule has 0 bridgehead atoms.